The Morgan fingerprint density at radius 2 is 1.95 bits per heavy atom. The fourth-order valence-electron chi connectivity index (χ4n) is 2.42. The molecular weight excluding hydrogens is 236 g/mol. The van der Waals surface area contributed by atoms with E-state index in [9.17, 15) is 4.79 Å². The number of hydrogen-bond donors (Lipinski definition) is 0. The topological polar surface area (TPSA) is 26.3 Å². The Balaban J connectivity index is 1.86. The molecule has 0 saturated heterocycles. The van der Waals surface area contributed by atoms with Gasteiger partial charge in [-0.2, -0.15) is 0 Å². The molecule has 0 aliphatic heterocycles. The van der Waals surface area contributed by atoms with E-state index in [-0.39, 0.29) is 11.9 Å². The van der Waals surface area contributed by atoms with E-state index in [2.05, 4.69) is 19.1 Å². The Morgan fingerprint density at radius 3 is 2.63 bits per heavy atom. The van der Waals surface area contributed by atoms with Crippen LogP contribution in [-0.4, -0.2) is 18.5 Å². The van der Waals surface area contributed by atoms with Crippen molar-refractivity contribution in [2.45, 2.75) is 32.8 Å². The van der Waals surface area contributed by atoms with Gasteiger partial charge in [0, 0.05) is 5.56 Å². The molecule has 0 saturated carbocycles. The number of hydrogen-bond acceptors (Lipinski definition) is 2. The predicted molar refractivity (Wildman–Crippen MR) is 77.2 cm³/mol. The standard InChI is InChI=1S/C17H22O2/c1-13-8-6-7-11-16(13)12-19-14(2)17(18)15-9-4-3-5-10-15/h3-7,9-10,13-14,16H,8,11-12H2,1-2H3. The molecule has 0 aromatic heterocycles. The van der Waals surface area contributed by atoms with Gasteiger partial charge in [0.15, 0.2) is 5.78 Å². The van der Waals surface area contributed by atoms with Crippen LogP contribution >= 0.6 is 0 Å². The number of benzene rings is 1. The molecule has 3 atom stereocenters. The van der Waals surface area contributed by atoms with E-state index in [1.54, 1.807) is 0 Å². The quantitative estimate of drug-likeness (QED) is 0.592. The molecule has 1 aliphatic carbocycles. The minimum atomic E-state index is -0.361. The van der Waals surface area contributed by atoms with Gasteiger partial charge in [-0.1, -0.05) is 49.4 Å². The molecule has 1 aromatic carbocycles. The van der Waals surface area contributed by atoms with Crippen LogP contribution < -0.4 is 0 Å². The predicted octanol–water partition coefficient (Wildman–Crippen LogP) is 3.88. The number of rotatable bonds is 5. The molecule has 102 valence electrons. The third-order valence-corrected chi connectivity index (χ3v) is 3.91. The largest absolute Gasteiger partial charge is 0.370 e. The van der Waals surface area contributed by atoms with Gasteiger partial charge in [0.25, 0.3) is 0 Å². The molecule has 0 radical (unpaired) electrons. The Morgan fingerprint density at radius 1 is 1.26 bits per heavy atom. The lowest BCUT2D eigenvalue weighted by Gasteiger charge is -2.26. The van der Waals surface area contributed by atoms with E-state index >= 15 is 0 Å². The summed E-state index contributed by atoms with van der Waals surface area (Å²) in [6.45, 7) is 4.77. The van der Waals surface area contributed by atoms with Gasteiger partial charge < -0.3 is 4.74 Å². The van der Waals surface area contributed by atoms with E-state index in [1.807, 2.05) is 37.3 Å². The van der Waals surface area contributed by atoms with E-state index in [1.165, 1.54) is 0 Å². The van der Waals surface area contributed by atoms with Crippen LogP contribution in [0.5, 0.6) is 0 Å². The summed E-state index contributed by atoms with van der Waals surface area (Å²) in [5, 5.41) is 0. The van der Waals surface area contributed by atoms with Crippen LogP contribution in [0.4, 0.5) is 0 Å². The summed E-state index contributed by atoms with van der Waals surface area (Å²) in [4.78, 5) is 12.2. The van der Waals surface area contributed by atoms with Crippen LogP contribution in [-0.2, 0) is 4.74 Å². The minimum absolute atomic E-state index is 0.0691. The molecule has 3 unspecified atom stereocenters. The number of carbonyl (C=O) groups is 1. The highest BCUT2D eigenvalue weighted by Gasteiger charge is 2.21. The Labute approximate surface area is 115 Å². The van der Waals surface area contributed by atoms with Crippen molar-refractivity contribution >= 4 is 5.78 Å². The van der Waals surface area contributed by atoms with Gasteiger partial charge in [0.05, 0.1) is 6.61 Å². The first-order valence-corrected chi connectivity index (χ1v) is 7.04. The normalized spacial score (nSPS) is 24.1. The summed E-state index contributed by atoms with van der Waals surface area (Å²) in [5.74, 6) is 1.25. The third kappa shape index (κ3) is 3.77. The van der Waals surface area contributed by atoms with Crippen molar-refractivity contribution in [3.8, 4) is 0 Å². The highest BCUT2D eigenvalue weighted by Crippen LogP contribution is 2.25. The molecule has 0 bridgehead atoms. The zero-order valence-electron chi connectivity index (χ0n) is 11.7. The highest BCUT2D eigenvalue weighted by molar-refractivity contribution is 5.99. The molecule has 0 N–H and O–H groups in total. The third-order valence-electron chi connectivity index (χ3n) is 3.91. The summed E-state index contributed by atoms with van der Waals surface area (Å²) in [5.41, 5.74) is 0.728. The monoisotopic (exact) mass is 258 g/mol. The van der Waals surface area contributed by atoms with Gasteiger partial charge >= 0.3 is 0 Å². The first-order valence-electron chi connectivity index (χ1n) is 7.04. The molecule has 1 aliphatic rings. The van der Waals surface area contributed by atoms with Crippen LogP contribution in [0.3, 0.4) is 0 Å². The fourth-order valence-corrected chi connectivity index (χ4v) is 2.42. The maximum atomic E-state index is 12.2. The maximum absolute atomic E-state index is 12.2. The SMILES string of the molecule is CC(OCC1CC=CCC1C)C(=O)c1ccccc1. The Bertz CT molecular complexity index is 436. The summed E-state index contributed by atoms with van der Waals surface area (Å²) < 4.78 is 5.78. The number of carbonyl (C=O) groups excluding carboxylic acids is 1. The number of ether oxygens (including phenoxy) is 1. The van der Waals surface area contributed by atoms with Gasteiger partial charge in [-0.05, 0) is 31.6 Å². The van der Waals surface area contributed by atoms with Crippen molar-refractivity contribution in [2.24, 2.45) is 11.8 Å². The van der Waals surface area contributed by atoms with Crippen LogP contribution in [0.25, 0.3) is 0 Å². The van der Waals surface area contributed by atoms with Crippen LogP contribution in [0.15, 0.2) is 42.5 Å². The van der Waals surface area contributed by atoms with Crippen LogP contribution in [0.1, 0.15) is 37.0 Å². The van der Waals surface area contributed by atoms with Gasteiger partial charge in [-0.25, -0.2) is 0 Å². The van der Waals surface area contributed by atoms with Crippen molar-refractivity contribution in [1.29, 1.82) is 0 Å². The van der Waals surface area contributed by atoms with Gasteiger partial charge in [-0.3, -0.25) is 4.79 Å². The lowest BCUT2D eigenvalue weighted by atomic mass is 9.85. The average molecular weight is 258 g/mol. The van der Waals surface area contributed by atoms with E-state index in [4.69, 9.17) is 4.74 Å². The molecule has 2 nitrogen and oxygen atoms in total. The fraction of sp³-hybridized carbons (Fsp3) is 0.471. The summed E-state index contributed by atoms with van der Waals surface area (Å²) in [6.07, 6.45) is 6.28. The van der Waals surface area contributed by atoms with Crippen molar-refractivity contribution < 1.29 is 9.53 Å². The number of Topliss-reactive ketones (excluding diaryl/α,β-unsaturated/α-hetero) is 1. The second-order valence-corrected chi connectivity index (χ2v) is 5.39. The van der Waals surface area contributed by atoms with Crippen molar-refractivity contribution in [1.82, 2.24) is 0 Å². The lowest BCUT2D eigenvalue weighted by molar-refractivity contribution is 0.0256. The van der Waals surface area contributed by atoms with Crippen molar-refractivity contribution in [3.05, 3.63) is 48.0 Å². The molecule has 1 aromatic rings. The molecule has 0 heterocycles. The van der Waals surface area contributed by atoms with Crippen LogP contribution in [0.2, 0.25) is 0 Å². The second kappa shape index (κ2) is 6.67. The lowest BCUT2D eigenvalue weighted by Crippen LogP contribution is -2.27. The molecule has 2 rings (SSSR count). The number of allylic oxidation sites excluding steroid dienone is 2. The van der Waals surface area contributed by atoms with E-state index in [0.717, 1.165) is 18.4 Å². The summed E-state index contributed by atoms with van der Waals surface area (Å²) in [6, 6.07) is 9.36. The Kier molecular flexibility index (Phi) is 4.92. The molecule has 0 amide bonds. The van der Waals surface area contributed by atoms with Gasteiger partial charge in [0.1, 0.15) is 6.10 Å². The summed E-state index contributed by atoms with van der Waals surface area (Å²) in [7, 11) is 0. The highest BCUT2D eigenvalue weighted by atomic mass is 16.5. The first-order chi connectivity index (χ1) is 9.18. The van der Waals surface area contributed by atoms with Crippen LogP contribution in [0, 0.1) is 11.8 Å². The smallest absolute Gasteiger partial charge is 0.191 e. The molecular formula is C17H22O2. The number of ketones is 1. The zero-order chi connectivity index (χ0) is 13.7. The Hall–Kier alpha value is -1.41. The molecule has 19 heavy (non-hydrogen) atoms. The zero-order valence-corrected chi connectivity index (χ0v) is 11.7. The maximum Gasteiger partial charge on any atom is 0.191 e. The minimum Gasteiger partial charge on any atom is -0.370 e. The average Bonchev–Trinajstić information content (AvgIpc) is 2.46. The van der Waals surface area contributed by atoms with E-state index < -0.39 is 0 Å². The van der Waals surface area contributed by atoms with Gasteiger partial charge in [-0.15, -0.1) is 0 Å². The second-order valence-electron chi connectivity index (χ2n) is 5.39. The summed E-state index contributed by atoms with van der Waals surface area (Å²) >= 11 is 0. The molecule has 0 fully saturated rings. The van der Waals surface area contributed by atoms with Crippen molar-refractivity contribution in [2.75, 3.05) is 6.61 Å². The first kappa shape index (κ1) is 14.0. The molecule has 0 spiro atoms. The van der Waals surface area contributed by atoms with Gasteiger partial charge in [0.2, 0.25) is 0 Å². The molecule has 2 heteroatoms. The van der Waals surface area contributed by atoms with Crippen molar-refractivity contribution in [3.63, 3.8) is 0 Å². The van der Waals surface area contributed by atoms with E-state index in [0.29, 0.717) is 18.4 Å².